The van der Waals surface area contributed by atoms with Crippen LogP contribution in [0.3, 0.4) is 0 Å². The topological polar surface area (TPSA) is 46.2 Å². The first-order chi connectivity index (χ1) is 8.09. The molecule has 17 heavy (non-hydrogen) atoms. The van der Waals surface area contributed by atoms with E-state index in [4.69, 9.17) is 0 Å². The van der Waals surface area contributed by atoms with Crippen LogP contribution in [0.25, 0.3) is 0 Å². The van der Waals surface area contributed by atoms with Crippen LogP contribution in [0.5, 0.6) is 0 Å². The molecule has 0 aromatic carbocycles. The lowest BCUT2D eigenvalue weighted by Gasteiger charge is -2.33. The molecule has 1 heterocycles. The van der Waals surface area contributed by atoms with Crippen molar-refractivity contribution in [3.05, 3.63) is 0 Å². The lowest BCUT2D eigenvalue weighted by Crippen LogP contribution is -2.47. The molecule has 1 saturated carbocycles. The van der Waals surface area contributed by atoms with Gasteiger partial charge in [-0.1, -0.05) is 6.42 Å². The molecule has 1 saturated heterocycles. The minimum Gasteiger partial charge on any atom is -0.310 e. The number of nitrogens with one attached hydrogen (secondary N) is 1. The molecule has 0 aromatic heterocycles. The summed E-state index contributed by atoms with van der Waals surface area (Å²) in [4.78, 5) is 0. The first-order valence-electron chi connectivity index (χ1n) is 6.58. The Labute approximate surface area is 109 Å². The van der Waals surface area contributed by atoms with Crippen molar-refractivity contribution in [1.29, 1.82) is 0 Å². The van der Waals surface area contributed by atoms with Gasteiger partial charge in [-0.25, -0.2) is 8.42 Å². The molecule has 1 aliphatic heterocycles. The molecule has 2 fully saturated rings. The van der Waals surface area contributed by atoms with Crippen LogP contribution in [-0.4, -0.2) is 43.5 Å². The first-order valence-corrected chi connectivity index (χ1v) is 9.69. The Balaban J connectivity index is 1.84. The lowest BCUT2D eigenvalue weighted by atomic mass is 9.94. The fraction of sp³-hybridized carbons (Fsp3) is 1.00. The second-order valence-electron chi connectivity index (χ2n) is 5.34. The van der Waals surface area contributed by atoms with Gasteiger partial charge in [0.25, 0.3) is 0 Å². The van der Waals surface area contributed by atoms with Gasteiger partial charge in [0, 0.05) is 17.3 Å². The zero-order chi connectivity index (χ0) is 12.3. The van der Waals surface area contributed by atoms with E-state index in [1.165, 1.54) is 25.7 Å². The fourth-order valence-electron chi connectivity index (χ4n) is 3.00. The summed E-state index contributed by atoms with van der Waals surface area (Å²) in [6, 6.07) is 0.749. The Hall–Kier alpha value is 0.260. The van der Waals surface area contributed by atoms with E-state index in [9.17, 15) is 8.42 Å². The molecular weight excluding hydrogens is 254 g/mol. The van der Waals surface area contributed by atoms with Crippen molar-refractivity contribution in [3.63, 3.8) is 0 Å². The Kier molecular flexibility index (Phi) is 4.78. The van der Waals surface area contributed by atoms with E-state index in [1.54, 1.807) is 0 Å². The normalized spacial score (nSPS) is 37.8. The van der Waals surface area contributed by atoms with Gasteiger partial charge >= 0.3 is 0 Å². The maximum atomic E-state index is 11.6. The van der Waals surface area contributed by atoms with Gasteiger partial charge in [-0.2, -0.15) is 11.8 Å². The summed E-state index contributed by atoms with van der Waals surface area (Å²) >= 11 is 1.95. The van der Waals surface area contributed by atoms with Gasteiger partial charge in [0.1, 0.15) is 0 Å². The van der Waals surface area contributed by atoms with E-state index in [0.29, 0.717) is 17.5 Å². The highest BCUT2D eigenvalue weighted by molar-refractivity contribution is 7.99. The summed E-state index contributed by atoms with van der Waals surface area (Å²) in [5.41, 5.74) is 0. The van der Waals surface area contributed by atoms with Crippen molar-refractivity contribution < 1.29 is 8.42 Å². The third kappa shape index (κ3) is 4.14. The molecule has 0 radical (unpaired) electrons. The van der Waals surface area contributed by atoms with Crippen LogP contribution >= 0.6 is 11.8 Å². The molecule has 100 valence electrons. The van der Waals surface area contributed by atoms with Crippen molar-refractivity contribution in [2.24, 2.45) is 0 Å². The number of hydrogen-bond donors (Lipinski definition) is 1. The van der Waals surface area contributed by atoms with Crippen molar-refractivity contribution >= 4 is 21.6 Å². The molecule has 1 aliphatic carbocycles. The zero-order valence-electron chi connectivity index (χ0n) is 10.5. The Bertz CT molecular complexity index is 342. The summed E-state index contributed by atoms with van der Waals surface area (Å²) < 4.78 is 23.2. The Morgan fingerprint density at radius 1 is 1.12 bits per heavy atom. The van der Waals surface area contributed by atoms with E-state index in [0.717, 1.165) is 18.1 Å². The summed E-state index contributed by atoms with van der Waals surface area (Å²) in [6.45, 7) is 0. The molecule has 3 nitrogen and oxygen atoms in total. The predicted octanol–water partition coefficient (Wildman–Crippen LogP) is 1.83. The average molecular weight is 277 g/mol. The summed E-state index contributed by atoms with van der Waals surface area (Å²) in [5.74, 6) is 0.747. The minimum absolute atomic E-state index is 0.208. The molecule has 2 aliphatic rings. The monoisotopic (exact) mass is 277 g/mol. The van der Waals surface area contributed by atoms with Gasteiger partial charge < -0.3 is 5.32 Å². The van der Waals surface area contributed by atoms with Crippen molar-refractivity contribution in [2.75, 3.05) is 17.8 Å². The van der Waals surface area contributed by atoms with Crippen LogP contribution in [0, 0.1) is 0 Å². The second kappa shape index (κ2) is 5.93. The molecule has 0 amide bonds. The van der Waals surface area contributed by atoms with E-state index < -0.39 is 9.84 Å². The summed E-state index contributed by atoms with van der Waals surface area (Å²) in [6.07, 6.45) is 9.06. The van der Waals surface area contributed by atoms with E-state index >= 15 is 0 Å². The van der Waals surface area contributed by atoms with Gasteiger partial charge in [0.15, 0.2) is 9.84 Å². The maximum absolute atomic E-state index is 11.6. The Morgan fingerprint density at radius 2 is 1.88 bits per heavy atom. The van der Waals surface area contributed by atoms with Crippen LogP contribution in [-0.2, 0) is 9.84 Å². The van der Waals surface area contributed by atoms with Crippen LogP contribution in [0.15, 0.2) is 0 Å². The number of thioether (sulfide) groups is 1. The van der Waals surface area contributed by atoms with E-state index in [2.05, 4.69) is 11.6 Å². The minimum atomic E-state index is -2.77. The molecule has 0 aromatic rings. The van der Waals surface area contributed by atoms with Crippen LogP contribution in [0.1, 0.15) is 38.5 Å². The standard InChI is InChI=1S/C12H23NO2S2/c1-16-12-6-2-4-10(8-12)13-11-5-3-7-17(14,15)9-11/h10-13H,2-9H2,1H3. The molecule has 1 N–H and O–H groups in total. The highest BCUT2D eigenvalue weighted by atomic mass is 32.2. The van der Waals surface area contributed by atoms with Gasteiger partial charge in [-0.05, 0) is 38.4 Å². The van der Waals surface area contributed by atoms with Crippen molar-refractivity contribution in [1.82, 2.24) is 5.32 Å². The predicted molar refractivity (Wildman–Crippen MR) is 74.4 cm³/mol. The summed E-state index contributed by atoms with van der Waals surface area (Å²) in [7, 11) is -2.77. The fourth-order valence-corrected chi connectivity index (χ4v) is 5.47. The highest BCUT2D eigenvalue weighted by Gasteiger charge is 2.28. The molecule has 0 spiro atoms. The number of rotatable bonds is 3. The van der Waals surface area contributed by atoms with E-state index in [-0.39, 0.29) is 6.04 Å². The average Bonchev–Trinajstić information content (AvgIpc) is 2.28. The van der Waals surface area contributed by atoms with Crippen molar-refractivity contribution in [2.45, 2.75) is 55.9 Å². The molecule has 5 heteroatoms. The van der Waals surface area contributed by atoms with Crippen LogP contribution < -0.4 is 5.32 Å². The SMILES string of the molecule is CSC1CCCC(NC2CCCS(=O)(=O)C2)C1. The molecule has 3 unspecified atom stereocenters. The second-order valence-corrected chi connectivity index (χ2v) is 8.71. The van der Waals surface area contributed by atoms with Gasteiger partial charge in [0.2, 0.25) is 0 Å². The third-order valence-electron chi connectivity index (χ3n) is 3.89. The largest absolute Gasteiger partial charge is 0.310 e. The van der Waals surface area contributed by atoms with E-state index in [1.807, 2.05) is 11.8 Å². The van der Waals surface area contributed by atoms with Gasteiger partial charge in [0.05, 0.1) is 11.5 Å². The van der Waals surface area contributed by atoms with Crippen molar-refractivity contribution in [3.8, 4) is 0 Å². The molecule has 3 atom stereocenters. The zero-order valence-corrected chi connectivity index (χ0v) is 12.2. The quantitative estimate of drug-likeness (QED) is 0.855. The molecule has 0 bridgehead atoms. The number of sulfone groups is 1. The van der Waals surface area contributed by atoms with Crippen LogP contribution in [0.2, 0.25) is 0 Å². The summed E-state index contributed by atoms with van der Waals surface area (Å²) in [5, 5.41) is 4.35. The number of hydrogen-bond acceptors (Lipinski definition) is 4. The highest BCUT2D eigenvalue weighted by Crippen LogP contribution is 2.27. The molecule has 2 rings (SSSR count). The third-order valence-corrected chi connectivity index (χ3v) is 6.81. The van der Waals surface area contributed by atoms with Gasteiger partial charge in [-0.3, -0.25) is 0 Å². The van der Waals surface area contributed by atoms with Crippen LogP contribution in [0.4, 0.5) is 0 Å². The van der Waals surface area contributed by atoms with Gasteiger partial charge in [-0.15, -0.1) is 0 Å². The lowest BCUT2D eigenvalue weighted by molar-refractivity contribution is 0.338. The molecular formula is C12H23NO2S2. The smallest absolute Gasteiger partial charge is 0.151 e. The maximum Gasteiger partial charge on any atom is 0.151 e. The first kappa shape index (κ1) is 13.7. The Morgan fingerprint density at radius 3 is 2.59 bits per heavy atom.